The van der Waals surface area contributed by atoms with E-state index in [1.54, 1.807) is 0 Å². The molecule has 2 nitrogen and oxygen atoms in total. The van der Waals surface area contributed by atoms with Gasteiger partial charge in [-0.15, -0.1) is 0 Å². The summed E-state index contributed by atoms with van der Waals surface area (Å²) in [7, 11) is 0. The number of unbranched alkanes of at least 4 members (excludes halogenated alkanes) is 2. The van der Waals surface area contributed by atoms with Crippen LogP contribution in [-0.4, -0.2) is 13.1 Å². The Hall–Kier alpha value is -0.860. The molecule has 0 amide bonds. The largest absolute Gasteiger partial charge is 0.329 e. The number of nitrogens with one attached hydrogen (secondary N) is 1. The molecule has 3 N–H and O–H groups in total. The fraction of sp³-hybridized carbons (Fsp3) is 0.600. The minimum atomic E-state index is 0.303. The van der Waals surface area contributed by atoms with E-state index >= 15 is 0 Å². The highest BCUT2D eigenvalue weighted by molar-refractivity contribution is 5.25. The summed E-state index contributed by atoms with van der Waals surface area (Å²) in [5.41, 5.74) is 8.52. The van der Waals surface area contributed by atoms with Gasteiger partial charge in [-0.05, 0) is 30.5 Å². The zero-order chi connectivity index (χ0) is 12.5. The normalized spacial score (nSPS) is 12.6. The Morgan fingerprint density at radius 1 is 1.12 bits per heavy atom. The van der Waals surface area contributed by atoms with Crippen LogP contribution >= 0.6 is 0 Å². The first-order chi connectivity index (χ1) is 8.31. The van der Waals surface area contributed by atoms with Crippen LogP contribution < -0.4 is 11.1 Å². The van der Waals surface area contributed by atoms with Gasteiger partial charge in [0.2, 0.25) is 0 Å². The van der Waals surface area contributed by atoms with Crippen LogP contribution in [-0.2, 0) is 6.42 Å². The molecule has 0 spiro atoms. The first kappa shape index (κ1) is 14.2. The highest BCUT2D eigenvalue weighted by atomic mass is 14.9. The standard InChI is InChI=1S/C15H26N2/c1-3-5-6-11-17-15(12-16)14-9-7-13(4-2)8-10-14/h7-10,15,17H,3-6,11-12,16H2,1-2H3. The van der Waals surface area contributed by atoms with Crippen LogP contribution in [0.5, 0.6) is 0 Å². The molecule has 0 heterocycles. The van der Waals surface area contributed by atoms with Gasteiger partial charge in [0.25, 0.3) is 0 Å². The summed E-state index contributed by atoms with van der Waals surface area (Å²) >= 11 is 0. The Bertz CT molecular complexity index is 292. The van der Waals surface area contributed by atoms with E-state index in [0.717, 1.165) is 13.0 Å². The average Bonchev–Trinajstić information content (AvgIpc) is 2.39. The van der Waals surface area contributed by atoms with Gasteiger partial charge in [0.1, 0.15) is 0 Å². The summed E-state index contributed by atoms with van der Waals surface area (Å²) < 4.78 is 0. The van der Waals surface area contributed by atoms with Gasteiger partial charge in [-0.3, -0.25) is 0 Å². The number of benzene rings is 1. The summed E-state index contributed by atoms with van der Waals surface area (Å²) in [6.07, 6.45) is 4.89. The lowest BCUT2D eigenvalue weighted by atomic mass is 10.0. The van der Waals surface area contributed by atoms with E-state index in [0.29, 0.717) is 12.6 Å². The lowest BCUT2D eigenvalue weighted by Gasteiger charge is -2.17. The fourth-order valence-corrected chi connectivity index (χ4v) is 1.97. The molecular weight excluding hydrogens is 208 g/mol. The van der Waals surface area contributed by atoms with E-state index in [9.17, 15) is 0 Å². The topological polar surface area (TPSA) is 38.0 Å². The lowest BCUT2D eigenvalue weighted by molar-refractivity contribution is 0.520. The maximum Gasteiger partial charge on any atom is 0.0444 e. The summed E-state index contributed by atoms with van der Waals surface area (Å²) in [4.78, 5) is 0. The number of aryl methyl sites for hydroxylation is 1. The molecule has 0 aliphatic heterocycles. The summed E-state index contributed by atoms with van der Waals surface area (Å²) in [6.45, 7) is 6.13. The number of nitrogens with two attached hydrogens (primary N) is 1. The van der Waals surface area contributed by atoms with Crippen LogP contribution in [0.3, 0.4) is 0 Å². The van der Waals surface area contributed by atoms with Gasteiger partial charge in [-0.1, -0.05) is 51.0 Å². The second-order valence-corrected chi connectivity index (χ2v) is 4.54. The van der Waals surface area contributed by atoms with Crippen LogP contribution in [0.2, 0.25) is 0 Å². The maximum absolute atomic E-state index is 5.83. The van der Waals surface area contributed by atoms with E-state index in [2.05, 4.69) is 43.4 Å². The average molecular weight is 234 g/mol. The predicted molar refractivity (Wildman–Crippen MR) is 75.1 cm³/mol. The van der Waals surface area contributed by atoms with E-state index < -0.39 is 0 Å². The molecule has 0 aromatic heterocycles. The molecule has 0 aliphatic rings. The molecular formula is C15H26N2. The van der Waals surface area contributed by atoms with Crippen molar-refractivity contribution in [2.75, 3.05) is 13.1 Å². The Morgan fingerprint density at radius 2 is 1.82 bits per heavy atom. The second kappa shape index (κ2) is 8.26. The van der Waals surface area contributed by atoms with Crippen LogP contribution in [0.15, 0.2) is 24.3 Å². The van der Waals surface area contributed by atoms with E-state index in [1.165, 1.54) is 30.4 Å². The summed E-state index contributed by atoms with van der Waals surface area (Å²) in [5, 5.41) is 3.53. The Morgan fingerprint density at radius 3 is 2.35 bits per heavy atom. The van der Waals surface area contributed by atoms with E-state index in [1.807, 2.05) is 0 Å². The van der Waals surface area contributed by atoms with Gasteiger partial charge >= 0.3 is 0 Å². The Labute approximate surface area is 106 Å². The maximum atomic E-state index is 5.83. The minimum absolute atomic E-state index is 0.303. The summed E-state index contributed by atoms with van der Waals surface area (Å²) in [6, 6.07) is 9.10. The van der Waals surface area contributed by atoms with Crippen molar-refractivity contribution in [1.82, 2.24) is 5.32 Å². The molecule has 0 bridgehead atoms. The first-order valence-electron chi connectivity index (χ1n) is 6.84. The number of hydrogen-bond acceptors (Lipinski definition) is 2. The second-order valence-electron chi connectivity index (χ2n) is 4.54. The van der Waals surface area contributed by atoms with Crippen LogP contribution in [0.4, 0.5) is 0 Å². The molecule has 0 saturated heterocycles. The summed E-state index contributed by atoms with van der Waals surface area (Å²) in [5.74, 6) is 0. The molecule has 1 atom stereocenters. The highest BCUT2D eigenvalue weighted by Gasteiger charge is 2.07. The van der Waals surface area contributed by atoms with Gasteiger partial charge < -0.3 is 11.1 Å². The third-order valence-electron chi connectivity index (χ3n) is 3.20. The van der Waals surface area contributed by atoms with Crippen molar-refractivity contribution in [3.05, 3.63) is 35.4 Å². The van der Waals surface area contributed by atoms with Crippen molar-refractivity contribution in [3.63, 3.8) is 0 Å². The monoisotopic (exact) mass is 234 g/mol. The van der Waals surface area contributed by atoms with Gasteiger partial charge in [-0.2, -0.15) is 0 Å². The van der Waals surface area contributed by atoms with Crippen LogP contribution in [0.25, 0.3) is 0 Å². The van der Waals surface area contributed by atoms with Crippen molar-refractivity contribution < 1.29 is 0 Å². The minimum Gasteiger partial charge on any atom is -0.329 e. The SMILES string of the molecule is CCCCCNC(CN)c1ccc(CC)cc1. The third-order valence-corrected chi connectivity index (χ3v) is 3.20. The highest BCUT2D eigenvalue weighted by Crippen LogP contribution is 2.13. The van der Waals surface area contributed by atoms with E-state index in [-0.39, 0.29) is 0 Å². The molecule has 1 aromatic rings. The zero-order valence-electron chi connectivity index (χ0n) is 11.2. The molecule has 1 rings (SSSR count). The molecule has 0 radical (unpaired) electrons. The van der Waals surface area contributed by atoms with Gasteiger partial charge in [0, 0.05) is 12.6 Å². The Balaban J connectivity index is 2.47. The predicted octanol–water partition coefficient (Wildman–Crippen LogP) is 3.03. The van der Waals surface area contributed by atoms with Crippen LogP contribution in [0, 0.1) is 0 Å². The molecule has 17 heavy (non-hydrogen) atoms. The molecule has 0 aliphatic carbocycles. The zero-order valence-corrected chi connectivity index (χ0v) is 11.2. The first-order valence-corrected chi connectivity index (χ1v) is 6.84. The van der Waals surface area contributed by atoms with Crippen molar-refractivity contribution in [1.29, 1.82) is 0 Å². The molecule has 0 fully saturated rings. The number of hydrogen-bond donors (Lipinski definition) is 2. The quantitative estimate of drug-likeness (QED) is 0.679. The van der Waals surface area contributed by atoms with Crippen LogP contribution in [0.1, 0.15) is 50.3 Å². The van der Waals surface area contributed by atoms with Gasteiger partial charge in [0.15, 0.2) is 0 Å². The molecule has 2 heteroatoms. The van der Waals surface area contributed by atoms with Crippen molar-refractivity contribution >= 4 is 0 Å². The molecule has 1 aromatic carbocycles. The molecule has 0 saturated carbocycles. The Kier molecular flexibility index (Phi) is 6.90. The van der Waals surface area contributed by atoms with Crippen molar-refractivity contribution in [2.24, 2.45) is 5.73 Å². The third kappa shape index (κ3) is 4.88. The van der Waals surface area contributed by atoms with Gasteiger partial charge in [-0.25, -0.2) is 0 Å². The van der Waals surface area contributed by atoms with Crippen molar-refractivity contribution in [3.8, 4) is 0 Å². The van der Waals surface area contributed by atoms with E-state index in [4.69, 9.17) is 5.73 Å². The smallest absolute Gasteiger partial charge is 0.0444 e. The molecule has 96 valence electrons. The van der Waals surface area contributed by atoms with Gasteiger partial charge in [0.05, 0.1) is 0 Å². The fourth-order valence-electron chi connectivity index (χ4n) is 1.97. The molecule has 1 unspecified atom stereocenters. The number of rotatable bonds is 8. The van der Waals surface area contributed by atoms with Crippen molar-refractivity contribution in [2.45, 2.75) is 45.6 Å². The lowest BCUT2D eigenvalue weighted by Crippen LogP contribution is -2.29.